The van der Waals surface area contributed by atoms with Crippen LogP contribution in [0.1, 0.15) is 55.0 Å². The molecule has 3 aromatic carbocycles. The molecule has 2 amide bonds. The summed E-state index contributed by atoms with van der Waals surface area (Å²) < 4.78 is 33.6. The maximum absolute atomic E-state index is 14.1. The Hall–Kier alpha value is -3.74. The number of nitrogens with one attached hydrogen (secondary N) is 1. The van der Waals surface area contributed by atoms with Crippen LogP contribution in [-0.4, -0.2) is 29.4 Å². The number of nitrogens with zero attached hydrogens (tertiary/aromatic N) is 1. The molecule has 1 aliphatic rings. The summed E-state index contributed by atoms with van der Waals surface area (Å²) in [6.45, 7) is 4.40. The molecule has 0 bridgehead atoms. The lowest BCUT2D eigenvalue weighted by Crippen LogP contribution is -2.40. The molecule has 0 saturated carbocycles. The lowest BCUT2D eigenvalue weighted by molar-refractivity contribution is -0.133. The summed E-state index contributed by atoms with van der Waals surface area (Å²) in [7, 11) is 0. The summed E-state index contributed by atoms with van der Waals surface area (Å²) in [5.41, 5.74) is 3.27. The molecular formula is C29H30F2N2O3. The van der Waals surface area contributed by atoms with Crippen LogP contribution in [0.15, 0.2) is 66.7 Å². The standard InChI is InChI=1S/C29H30F2N2O3/c1-3-26(29(35)32-18-19-7-5-9-22(30)15-19)36-24-12-11-20-13-14-33(27(34)4-2)28(25(20)17-24)21-8-6-10-23(31)16-21/h5-12,15-17,26,28H,3-4,13-14,18H2,1-2H3,(H,32,35)/t26-,28-/m1/s1. The first-order valence-electron chi connectivity index (χ1n) is 12.3. The molecule has 1 N–H and O–H groups in total. The number of carbonyl (C=O) groups is 2. The van der Waals surface area contributed by atoms with Crippen molar-refractivity contribution in [2.24, 2.45) is 0 Å². The van der Waals surface area contributed by atoms with E-state index in [1.807, 2.05) is 38.1 Å². The molecule has 0 spiro atoms. The third-order valence-corrected chi connectivity index (χ3v) is 6.43. The van der Waals surface area contributed by atoms with Gasteiger partial charge in [-0.3, -0.25) is 9.59 Å². The lowest BCUT2D eigenvalue weighted by atomic mass is 9.87. The molecule has 0 radical (unpaired) electrons. The summed E-state index contributed by atoms with van der Waals surface area (Å²) in [6.07, 6.45) is 0.709. The quantitative estimate of drug-likeness (QED) is 0.463. The maximum Gasteiger partial charge on any atom is 0.261 e. The van der Waals surface area contributed by atoms with Crippen LogP contribution in [0.3, 0.4) is 0 Å². The zero-order valence-electron chi connectivity index (χ0n) is 20.5. The van der Waals surface area contributed by atoms with Gasteiger partial charge >= 0.3 is 0 Å². The average molecular weight is 493 g/mol. The minimum absolute atomic E-state index is 0.00982. The number of rotatable bonds is 8. The summed E-state index contributed by atoms with van der Waals surface area (Å²) in [5.74, 6) is -0.540. The average Bonchev–Trinajstić information content (AvgIpc) is 2.89. The Bertz CT molecular complexity index is 1250. The first-order valence-corrected chi connectivity index (χ1v) is 12.3. The maximum atomic E-state index is 14.1. The van der Waals surface area contributed by atoms with Crippen molar-refractivity contribution in [3.05, 3.63) is 101 Å². The largest absolute Gasteiger partial charge is 0.481 e. The summed E-state index contributed by atoms with van der Waals surface area (Å²) in [6, 6.07) is 17.5. The van der Waals surface area contributed by atoms with E-state index in [1.165, 1.54) is 24.3 Å². The van der Waals surface area contributed by atoms with Gasteiger partial charge in [-0.15, -0.1) is 0 Å². The van der Waals surface area contributed by atoms with Crippen molar-refractivity contribution < 1.29 is 23.1 Å². The third kappa shape index (κ3) is 5.73. The SMILES string of the molecule is CCC(=O)N1CCc2ccc(O[C@H](CC)C(=O)NCc3cccc(F)c3)cc2[C@H]1c1cccc(F)c1. The molecule has 36 heavy (non-hydrogen) atoms. The van der Waals surface area contributed by atoms with Gasteiger partial charge in [-0.1, -0.05) is 44.2 Å². The smallest absolute Gasteiger partial charge is 0.261 e. The van der Waals surface area contributed by atoms with Gasteiger partial charge in [0.15, 0.2) is 6.10 Å². The monoisotopic (exact) mass is 492 g/mol. The Morgan fingerprint density at radius 2 is 1.78 bits per heavy atom. The number of hydrogen-bond donors (Lipinski definition) is 1. The number of benzene rings is 3. The molecule has 0 aliphatic carbocycles. The molecule has 7 heteroatoms. The fourth-order valence-corrected chi connectivity index (χ4v) is 4.61. The van der Waals surface area contributed by atoms with Gasteiger partial charge in [-0.2, -0.15) is 0 Å². The molecule has 0 saturated heterocycles. The second kappa shape index (κ2) is 11.3. The van der Waals surface area contributed by atoms with Crippen molar-refractivity contribution in [3.63, 3.8) is 0 Å². The first kappa shape index (κ1) is 25.4. The summed E-state index contributed by atoms with van der Waals surface area (Å²) in [4.78, 5) is 27.4. The molecule has 2 atom stereocenters. The van der Waals surface area contributed by atoms with Gasteiger partial charge in [0.25, 0.3) is 5.91 Å². The van der Waals surface area contributed by atoms with Gasteiger partial charge < -0.3 is 15.0 Å². The lowest BCUT2D eigenvalue weighted by Gasteiger charge is -2.38. The number of carbonyl (C=O) groups excluding carboxylic acids is 2. The topological polar surface area (TPSA) is 58.6 Å². The van der Waals surface area contributed by atoms with Crippen molar-refractivity contribution >= 4 is 11.8 Å². The zero-order valence-corrected chi connectivity index (χ0v) is 20.5. The van der Waals surface area contributed by atoms with E-state index in [9.17, 15) is 18.4 Å². The van der Waals surface area contributed by atoms with Gasteiger partial charge in [-0.25, -0.2) is 8.78 Å². The van der Waals surface area contributed by atoms with E-state index in [1.54, 1.807) is 23.1 Å². The Labute approximate surface area is 210 Å². The molecule has 3 aromatic rings. The van der Waals surface area contributed by atoms with E-state index < -0.39 is 12.1 Å². The van der Waals surface area contributed by atoms with E-state index in [-0.39, 0.29) is 30.0 Å². The molecule has 5 nitrogen and oxygen atoms in total. The highest BCUT2D eigenvalue weighted by molar-refractivity contribution is 5.81. The number of ether oxygens (including phenoxy) is 1. The molecule has 4 rings (SSSR count). The van der Waals surface area contributed by atoms with Gasteiger partial charge in [-0.05, 0) is 71.5 Å². The Kier molecular flexibility index (Phi) is 7.98. The van der Waals surface area contributed by atoms with E-state index in [4.69, 9.17) is 4.74 Å². The number of halogens is 2. The fraction of sp³-hybridized carbons (Fsp3) is 0.310. The van der Waals surface area contributed by atoms with Crippen LogP contribution in [0.2, 0.25) is 0 Å². The Morgan fingerprint density at radius 3 is 2.47 bits per heavy atom. The highest BCUT2D eigenvalue weighted by Gasteiger charge is 2.32. The van der Waals surface area contributed by atoms with Crippen LogP contribution in [0.25, 0.3) is 0 Å². The Morgan fingerprint density at radius 1 is 1.03 bits per heavy atom. The number of amides is 2. The molecule has 0 unspecified atom stereocenters. The molecule has 188 valence electrons. The minimum Gasteiger partial charge on any atom is -0.481 e. The van der Waals surface area contributed by atoms with Crippen molar-refractivity contribution in [1.29, 1.82) is 0 Å². The van der Waals surface area contributed by atoms with Crippen LogP contribution in [0.4, 0.5) is 8.78 Å². The predicted octanol–water partition coefficient (Wildman–Crippen LogP) is 5.32. The van der Waals surface area contributed by atoms with E-state index in [0.717, 1.165) is 11.1 Å². The van der Waals surface area contributed by atoms with Crippen molar-refractivity contribution in [2.45, 2.75) is 51.8 Å². The molecule has 0 fully saturated rings. The van der Waals surface area contributed by atoms with Gasteiger partial charge in [0.2, 0.25) is 5.91 Å². The highest BCUT2D eigenvalue weighted by Crippen LogP contribution is 2.38. The van der Waals surface area contributed by atoms with Crippen molar-refractivity contribution in [3.8, 4) is 5.75 Å². The van der Waals surface area contributed by atoms with Gasteiger partial charge in [0.1, 0.15) is 17.4 Å². The number of fused-ring (bicyclic) bond motifs is 1. The predicted molar refractivity (Wildman–Crippen MR) is 133 cm³/mol. The Balaban J connectivity index is 1.57. The van der Waals surface area contributed by atoms with Crippen LogP contribution >= 0.6 is 0 Å². The highest BCUT2D eigenvalue weighted by atomic mass is 19.1. The fourth-order valence-electron chi connectivity index (χ4n) is 4.61. The van der Waals surface area contributed by atoms with Gasteiger partial charge in [0, 0.05) is 19.5 Å². The molecule has 1 aliphatic heterocycles. The summed E-state index contributed by atoms with van der Waals surface area (Å²) >= 11 is 0. The minimum atomic E-state index is -0.749. The van der Waals surface area contributed by atoms with Crippen molar-refractivity contribution in [1.82, 2.24) is 10.2 Å². The van der Waals surface area contributed by atoms with Crippen molar-refractivity contribution in [2.75, 3.05) is 6.54 Å². The second-order valence-electron chi connectivity index (χ2n) is 8.87. The van der Waals surface area contributed by atoms with E-state index in [2.05, 4.69) is 5.32 Å². The first-order chi connectivity index (χ1) is 17.4. The molecular weight excluding hydrogens is 462 g/mol. The van der Waals surface area contributed by atoms with Crippen LogP contribution in [0, 0.1) is 11.6 Å². The van der Waals surface area contributed by atoms with Crippen LogP contribution < -0.4 is 10.1 Å². The van der Waals surface area contributed by atoms with E-state index >= 15 is 0 Å². The number of hydrogen-bond acceptors (Lipinski definition) is 3. The van der Waals surface area contributed by atoms with Gasteiger partial charge in [0.05, 0.1) is 6.04 Å². The molecule has 0 aromatic heterocycles. The molecule has 1 heterocycles. The van der Waals surface area contributed by atoms with E-state index in [0.29, 0.717) is 42.7 Å². The van der Waals surface area contributed by atoms with Crippen LogP contribution in [-0.2, 0) is 22.6 Å². The van der Waals surface area contributed by atoms with Crippen LogP contribution in [0.5, 0.6) is 5.75 Å². The second-order valence-corrected chi connectivity index (χ2v) is 8.87. The normalized spacial score (nSPS) is 15.7. The zero-order chi connectivity index (χ0) is 25.7. The summed E-state index contributed by atoms with van der Waals surface area (Å²) in [5, 5.41) is 2.81. The third-order valence-electron chi connectivity index (χ3n) is 6.43.